The van der Waals surface area contributed by atoms with Crippen molar-refractivity contribution in [3.8, 4) is 6.07 Å². The molecule has 3 aromatic rings. The zero-order valence-corrected chi connectivity index (χ0v) is 24.2. The molecule has 1 aliphatic heterocycles. The van der Waals surface area contributed by atoms with Crippen LogP contribution in [0.4, 0.5) is 28.9 Å². The van der Waals surface area contributed by atoms with Crippen molar-refractivity contribution in [1.82, 2.24) is 25.9 Å². The molecule has 0 spiro atoms. The lowest BCUT2D eigenvalue weighted by Crippen LogP contribution is -2.57. The fourth-order valence-electron chi connectivity index (χ4n) is 4.22. The van der Waals surface area contributed by atoms with E-state index in [9.17, 15) is 22.8 Å². The number of rotatable bonds is 7. The highest BCUT2D eigenvalue weighted by Gasteiger charge is 2.52. The van der Waals surface area contributed by atoms with E-state index in [2.05, 4.69) is 58.4 Å². The summed E-state index contributed by atoms with van der Waals surface area (Å²) < 4.78 is 55.2. The fraction of sp³-hybridized carbons (Fsp3) is 0.393. The van der Waals surface area contributed by atoms with Gasteiger partial charge in [0.05, 0.1) is 33.5 Å². The SMILES string of the molecule is Cc1nc(F)ccc1[C@H](Nc1cc(Cl)c2ncc(C#N)c(NCC(C)(C)C)c2c1)C1=CN(C(C)(C)C(F)(F)F)NN1. The Labute approximate surface area is 240 Å². The number of hydrogen-bond donors (Lipinski definition) is 4. The maximum atomic E-state index is 13.9. The first-order valence-electron chi connectivity index (χ1n) is 12.8. The molecule has 1 aliphatic rings. The van der Waals surface area contributed by atoms with E-state index in [-0.39, 0.29) is 5.41 Å². The van der Waals surface area contributed by atoms with Crippen molar-refractivity contribution in [2.45, 2.75) is 59.3 Å². The van der Waals surface area contributed by atoms with E-state index in [4.69, 9.17) is 11.6 Å². The number of aromatic nitrogens is 2. The van der Waals surface area contributed by atoms with E-state index in [0.29, 0.717) is 56.4 Å². The minimum atomic E-state index is -4.54. The first-order chi connectivity index (χ1) is 19.0. The van der Waals surface area contributed by atoms with Crippen molar-refractivity contribution in [3.63, 3.8) is 0 Å². The molecular weight excluding hydrogens is 560 g/mol. The molecule has 0 fully saturated rings. The van der Waals surface area contributed by atoms with Crippen LogP contribution < -0.4 is 21.6 Å². The third-order valence-corrected chi connectivity index (χ3v) is 7.04. The first kappa shape index (κ1) is 30.1. The van der Waals surface area contributed by atoms with Gasteiger partial charge in [-0.3, -0.25) is 9.99 Å². The van der Waals surface area contributed by atoms with E-state index in [1.807, 2.05) is 0 Å². The maximum Gasteiger partial charge on any atom is 0.412 e. The van der Waals surface area contributed by atoms with Crippen LogP contribution in [0.1, 0.15) is 57.5 Å². The van der Waals surface area contributed by atoms with Gasteiger partial charge in [-0.05, 0) is 44.4 Å². The van der Waals surface area contributed by atoms with Crippen molar-refractivity contribution in [3.05, 3.63) is 70.2 Å². The van der Waals surface area contributed by atoms with Gasteiger partial charge in [0, 0.05) is 41.3 Å². The Morgan fingerprint density at radius 2 is 1.85 bits per heavy atom. The molecule has 3 heterocycles. The lowest BCUT2D eigenvalue weighted by atomic mass is 9.96. The molecule has 1 atom stereocenters. The number of hydrogen-bond acceptors (Lipinski definition) is 8. The van der Waals surface area contributed by atoms with Gasteiger partial charge in [0.1, 0.15) is 11.6 Å². The van der Waals surface area contributed by atoms with E-state index in [1.165, 1.54) is 24.5 Å². The minimum Gasteiger partial charge on any atom is -0.383 e. The highest BCUT2D eigenvalue weighted by atomic mass is 35.5. The molecule has 4 N–H and O–H groups in total. The Balaban J connectivity index is 1.82. The van der Waals surface area contributed by atoms with Gasteiger partial charge in [-0.15, -0.1) is 5.53 Å². The van der Waals surface area contributed by atoms with Gasteiger partial charge >= 0.3 is 6.18 Å². The second kappa shape index (κ2) is 10.9. The molecular formula is C28H31ClF4N8. The molecule has 218 valence electrons. The second-order valence-electron chi connectivity index (χ2n) is 11.6. The third kappa shape index (κ3) is 6.26. The average Bonchev–Trinajstić information content (AvgIpc) is 3.36. The van der Waals surface area contributed by atoms with Crippen LogP contribution in [0.5, 0.6) is 0 Å². The molecule has 0 saturated heterocycles. The number of fused-ring (bicyclic) bond motifs is 1. The second-order valence-corrected chi connectivity index (χ2v) is 12.0. The van der Waals surface area contributed by atoms with Gasteiger partial charge < -0.3 is 16.1 Å². The molecule has 4 rings (SSSR count). The lowest BCUT2D eigenvalue weighted by molar-refractivity contribution is -0.219. The van der Waals surface area contributed by atoms with Crippen molar-refractivity contribution in [2.75, 3.05) is 17.2 Å². The molecule has 13 heteroatoms. The van der Waals surface area contributed by atoms with E-state index < -0.39 is 23.7 Å². The lowest BCUT2D eigenvalue weighted by Gasteiger charge is -2.36. The molecule has 0 bridgehead atoms. The van der Waals surface area contributed by atoms with Gasteiger partial charge in [-0.25, -0.2) is 4.98 Å². The normalized spacial score (nSPS) is 14.9. The summed E-state index contributed by atoms with van der Waals surface area (Å²) in [4.78, 5) is 8.28. The van der Waals surface area contributed by atoms with Crippen LogP contribution in [0.3, 0.4) is 0 Å². The minimum absolute atomic E-state index is 0.0934. The average molecular weight is 591 g/mol. The topological polar surface area (TPSA) is 101 Å². The quantitative estimate of drug-likeness (QED) is 0.178. The van der Waals surface area contributed by atoms with Crippen molar-refractivity contribution >= 4 is 33.9 Å². The zero-order valence-electron chi connectivity index (χ0n) is 23.4. The molecule has 2 aromatic heterocycles. The Morgan fingerprint density at radius 3 is 2.46 bits per heavy atom. The molecule has 0 unspecified atom stereocenters. The monoisotopic (exact) mass is 590 g/mol. The highest BCUT2D eigenvalue weighted by Crippen LogP contribution is 2.39. The summed E-state index contributed by atoms with van der Waals surface area (Å²) in [7, 11) is 0. The molecule has 0 amide bonds. The third-order valence-electron chi connectivity index (χ3n) is 6.75. The Bertz CT molecular complexity index is 1540. The number of hydrazine groups is 2. The molecule has 0 saturated carbocycles. The summed E-state index contributed by atoms with van der Waals surface area (Å²) in [6.45, 7) is 10.4. The van der Waals surface area contributed by atoms with Crippen LogP contribution in [0.25, 0.3) is 10.9 Å². The van der Waals surface area contributed by atoms with Crippen LogP contribution in [-0.4, -0.2) is 33.2 Å². The van der Waals surface area contributed by atoms with Crippen molar-refractivity contribution in [2.24, 2.45) is 5.41 Å². The van der Waals surface area contributed by atoms with Crippen LogP contribution in [0.15, 0.2) is 42.4 Å². The number of alkyl halides is 3. The van der Waals surface area contributed by atoms with E-state index in [1.54, 1.807) is 19.1 Å². The van der Waals surface area contributed by atoms with Gasteiger partial charge in [0.25, 0.3) is 0 Å². The smallest absolute Gasteiger partial charge is 0.383 e. The maximum absolute atomic E-state index is 13.9. The van der Waals surface area contributed by atoms with Crippen LogP contribution in [-0.2, 0) is 0 Å². The number of nitriles is 1. The molecule has 0 aliphatic carbocycles. The highest BCUT2D eigenvalue weighted by molar-refractivity contribution is 6.35. The molecule has 0 radical (unpaired) electrons. The van der Waals surface area contributed by atoms with Crippen LogP contribution in [0, 0.1) is 29.6 Å². The summed E-state index contributed by atoms with van der Waals surface area (Å²) in [5, 5.41) is 18.2. The number of nitrogens with zero attached hydrogens (tertiary/aromatic N) is 4. The number of nitrogens with one attached hydrogen (secondary N) is 4. The van der Waals surface area contributed by atoms with Gasteiger partial charge in [-0.2, -0.15) is 22.8 Å². The Kier molecular flexibility index (Phi) is 7.99. The summed E-state index contributed by atoms with van der Waals surface area (Å²) in [5.41, 5.74) is 6.08. The molecule has 1 aromatic carbocycles. The number of pyridine rings is 2. The zero-order chi connectivity index (χ0) is 30.3. The first-order valence-corrected chi connectivity index (χ1v) is 13.1. The fourth-order valence-corrected chi connectivity index (χ4v) is 4.49. The number of halogens is 5. The Morgan fingerprint density at radius 1 is 1.15 bits per heavy atom. The number of anilines is 2. The molecule has 8 nitrogen and oxygen atoms in total. The van der Waals surface area contributed by atoms with Crippen LogP contribution in [0.2, 0.25) is 5.02 Å². The van der Waals surface area contributed by atoms with Crippen molar-refractivity contribution in [1.29, 1.82) is 5.26 Å². The summed E-state index contributed by atoms with van der Waals surface area (Å²) in [6, 6.07) is 7.47. The van der Waals surface area contributed by atoms with Crippen LogP contribution >= 0.6 is 11.6 Å². The summed E-state index contributed by atoms with van der Waals surface area (Å²) in [6.07, 6.45) is -1.78. The predicted octanol–water partition coefficient (Wildman–Crippen LogP) is 6.72. The number of aryl methyl sites for hydroxylation is 1. The summed E-state index contributed by atoms with van der Waals surface area (Å²) in [5.74, 6) is -0.685. The summed E-state index contributed by atoms with van der Waals surface area (Å²) >= 11 is 6.64. The van der Waals surface area contributed by atoms with E-state index >= 15 is 0 Å². The predicted molar refractivity (Wildman–Crippen MR) is 151 cm³/mol. The molecule has 41 heavy (non-hydrogen) atoms. The van der Waals surface area contributed by atoms with Gasteiger partial charge in [0.2, 0.25) is 5.95 Å². The number of benzene rings is 1. The largest absolute Gasteiger partial charge is 0.412 e. The van der Waals surface area contributed by atoms with Crippen molar-refractivity contribution < 1.29 is 17.6 Å². The van der Waals surface area contributed by atoms with Gasteiger partial charge in [-0.1, -0.05) is 38.4 Å². The Hall–Kier alpha value is -3.82. The van der Waals surface area contributed by atoms with E-state index in [0.717, 1.165) is 18.9 Å². The van der Waals surface area contributed by atoms with Gasteiger partial charge in [0.15, 0.2) is 0 Å². The standard InChI is InChI=1S/C28H31ClF4N8/c1-15-18(7-8-22(30)37-15)25(21-13-41(40-39-21)27(5,6)28(31,32)33)38-17-9-19-23(36-14-26(2,3)4)16(11-34)12-35-24(19)20(29)10-17/h7-10,12-13,25,38-40H,14H2,1-6H3,(H,35,36)/t25-/m0/s1.